The average molecular weight is 380 g/mol. The van der Waals surface area contributed by atoms with Crippen LogP contribution in [0.15, 0.2) is 25.3 Å². The maximum atomic E-state index is 12.6. The second-order valence-corrected chi connectivity index (χ2v) is 5.72. The van der Waals surface area contributed by atoms with Crippen molar-refractivity contribution in [2.45, 2.75) is 38.3 Å². The Labute approximate surface area is 159 Å². The van der Waals surface area contributed by atoms with E-state index in [4.69, 9.17) is 0 Å². The highest BCUT2D eigenvalue weighted by atomic mass is 16.2. The van der Waals surface area contributed by atoms with Crippen LogP contribution in [0.5, 0.6) is 0 Å². The molecule has 27 heavy (non-hydrogen) atoms. The Morgan fingerprint density at radius 3 is 2.33 bits per heavy atom. The van der Waals surface area contributed by atoms with E-state index < -0.39 is 35.6 Å². The van der Waals surface area contributed by atoms with Crippen LogP contribution in [0.3, 0.4) is 0 Å². The van der Waals surface area contributed by atoms with Crippen molar-refractivity contribution in [3.63, 3.8) is 0 Å². The summed E-state index contributed by atoms with van der Waals surface area (Å²) in [5, 5.41) is 7.16. The molecule has 0 aromatic heterocycles. The molecule has 0 fully saturated rings. The first-order valence-electron chi connectivity index (χ1n) is 8.60. The molecule has 2 atom stereocenters. The highest BCUT2D eigenvalue weighted by molar-refractivity contribution is 6.38. The third-order valence-electron chi connectivity index (χ3n) is 3.81. The van der Waals surface area contributed by atoms with Crippen LogP contribution in [0.1, 0.15) is 26.2 Å². The van der Waals surface area contributed by atoms with E-state index in [1.807, 2.05) is 0 Å². The molecule has 0 rings (SSSR count). The van der Waals surface area contributed by atoms with Crippen molar-refractivity contribution >= 4 is 29.9 Å². The molecule has 4 amide bonds. The van der Waals surface area contributed by atoms with Crippen molar-refractivity contribution in [2.75, 3.05) is 20.1 Å². The number of rotatable bonds is 14. The molecule has 3 N–H and O–H groups in total. The van der Waals surface area contributed by atoms with Crippen LogP contribution in [0, 0.1) is 0 Å². The van der Waals surface area contributed by atoms with Gasteiger partial charge in [0.05, 0.1) is 12.6 Å². The molecule has 2 unspecified atom stereocenters. The van der Waals surface area contributed by atoms with Gasteiger partial charge in [-0.3, -0.25) is 24.0 Å². The molecule has 0 aromatic carbocycles. The van der Waals surface area contributed by atoms with Gasteiger partial charge < -0.3 is 20.9 Å². The van der Waals surface area contributed by atoms with Gasteiger partial charge in [-0.2, -0.15) is 0 Å². The zero-order chi connectivity index (χ0) is 20.8. The lowest BCUT2D eigenvalue weighted by Crippen LogP contribution is -2.54. The number of ketones is 1. The molecular weight excluding hydrogens is 352 g/mol. The van der Waals surface area contributed by atoms with Gasteiger partial charge in [-0.25, -0.2) is 0 Å². The molecule has 150 valence electrons. The molecule has 9 heteroatoms. The molecule has 0 saturated heterocycles. The molecule has 0 aliphatic heterocycles. The Hall–Kier alpha value is -2.97. The topological polar surface area (TPSA) is 125 Å². The summed E-state index contributed by atoms with van der Waals surface area (Å²) in [7, 11) is 1.43. The molecule has 0 spiro atoms. The number of hydrogen-bond acceptors (Lipinski definition) is 5. The zero-order valence-corrected chi connectivity index (χ0v) is 15.8. The Balaban J connectivity index is 5.16. The fourth-order valence-corrected chi connectivity index (χ4v) is 2.29. The van der Waals surface area contributed by atoms with E-state index in [9.17, 15) is 24.0 Å². The second-order valence-electron chi connectivity index (χ2n) is 5.72. The molecule has 0 aliphatic carbocycles. The predicted molar refractivity (Wildman–Crippen MR) is 100 cm³/mol. The highest BCUT2D eigenvalue weighted by Crippen LogP contribution is 2.06. The smallest absolute Gasteiger partial charge is 0.289 e. The van der Waals surface area contributed by atoms with Crippen LogP contribution >= 0.6 is 0 Å². The molecule has 0 heterocycles. The van der Waals surface area contributed by atoms with Crippen molar-refractivity contribution in [3.05, 3.63) is 25.3 Å². The van der Waals surface area contributed by atoms with Gasteiger partial charge in [-0.05, 0) is 19.3 Å². The summed E-state index contributed by atoms with van der Waals surface area (Å²) in [6.07, 6.45) is 4.31. The molecule has 0 bridgehead atoms. The summed E-state index contributed by atoms with van der Waals surface area (Å²) in [6, 6.07) is -1.88. The van der Waals surface area contributed by atoms with Crippen LogP contribution in [0.4, 0.5) is 0 Å². The third-order valence-corrected chi connectivity index (χ3v) is 3.81. The predicted octanol–water partition coefficient (Wildman–Crippen LogP) is -0.708. The first-order valence-corrected chi connectivity index (χ1v) is 8.60. The largest absolute Gasteiger partial charge is 0.350 e. The number of likely N-dealkylation sites (N-methyl/N-ethyl adjacent to an activating group) is 1. The molecule has 0 aliphatic rings. The Bertz CT molecular complexity index is 576. The van der Waals surface area contributed by atoms with E-state index in [0.29, 0.717) is 19.3 Å². The number of nitrogens with zero attached hydrogens (tertiary/aromatic N) is 1. The van der Waals surface area contributed by atoms with E-state index in [1.165, 1.54) is 18.0 Å². The number of Topliss-reactive ketones (excluding diaryl/α,β-unsaturated/α-hetero) is 1. The Kier molecular flexibility index (Phi) is 11.8. The van der Waals surface area contributed by atoms with Gasteiger partial charge in [0.1, 0.15) is 6.04 Å². The number of nitrogens with one attached hydrogen (secondary N) is 3. The average Bonchev–Trinajstić information content (AvgIpc) is 2.66. The lowest BCUT2D eigenvalue weighted by atomic mass is 10.0. The first kappa shape index (κ1) is 24.0. The number of carbonyl (C=O) groups excluding carboxylic acids is 5. The molecule has 0 saturated carbocycles. The van der Waals surface area contributed by atoms with Gasteiger partial charge in [-0.15, -0.1) is 13.2 Å². The van der Waals surface area contributed by atoms with Gasteiger partial charge in [0.2, 0.25) is 24.0 Å². The second kappa shape index (κ2) is 13.3. The van der Waals surface area contributed by atoms with Gasteiger partial charge in [0, 0.05) is 13.6 Å². The summed E-state index contributed by atoms with van der Waals surface area (Å²) < 4.78 is 0. The summed E-state index contributed by atoms with van der Waals surface area (Å²) in [5.41, 5.74) is 0. The minimum atomic E-state index is -1.04. The lowest BCUT2D eigenvalue weighted by Gasteiger charge is -2.28. The third kappa shape index (κ3) is 8.30. The van der Waals surface area contributed by atoms with E-state index >= 15 is 0 Å². The normalized spacial score (nSPS) is 12.1. The van der Waals surface area contributed by atoms with Crippen molar-refractivity contribution in [1.29, 1.82) is 0 Å². The number of amides is 4. The van der Waals surface area contributed by atoms with E-state index in [-0.39, 0.29) is 19.5 Å². The molecule has 9 nitrogen and oxygen atoms in total. The summed E-state index contributed by atoms with van der Waals surface area (Å²) in [4.78, 5) is 60.3. The lowest BCUT2D eigenvalue weighted by molar-refractivity contribution is -0.142. The SMILES string of the molecule is C=CCCC(NC(=O)C(CC)N(C)C(=O)CNC=O)C(=O)C(=O)NCC=C. The van der Waals surface area contributed by atoms with Crippen molar-refractivity contribution in [2.24, 2.45) is 0 Å². The summed E-state index contributed by atoms with van der Waals surface area (Å²) >= 11 is 0. The maximum absolute atomic E-state index is 12.6. The highest BCUT2D eigenvalue weighted by Gasteiger charge is 2.31. The van der Waals surface area contributed by atoms with Crippen LogP contribution in [0.2, 0.25) is 0 Å². The van der Waals surface area contributed by atoms with Crippen LogP contribution in [-0.4, -0.2) is 67.0 Å². The molecule has 0 radical (unpaired) electrons. The van der Waals surface area contributed by atoms with Crippen molar-refractivity contribution in [3.8, 4) is 0 Å². The standard InChI is InChI=1S/C18H28N4O5/c1-5-8-9-13(16(25)18(27)20-10-6-2)21-17(26)14(7-3)22(4)15(24)11-19-12-23/h5-6,12-14H,1-2,7-11H2,3-4H3,(H,19,23)(H,20,27)(H,21,26). The van der Waals surface area contributed by atoms with Crippen molar-refractivity contribution < 1.29 is 24.0 Å². The van der Waals surface area contributed by atoms with Gasteiger partial charge in [0.25, 0.3) is 5.91 Å². The quantitative estimate of drug-likeness (QED) is 0.209. The Morgan fingerprint density at radius 2 is 1.81 bits per heavy atom. The summed E-state index contributed by atoms with van der Waals surface area (Å²) in [5.74, 6) is -2.62. The zero-order valence-electron chi connectivity index (χ0n) is 15.8. The molecular formula is C18H28N4O5. The van der Waals surface area contributed by atoms with Gasteiger partial charge in [-0.1, -0.05) is 19.1 Å². The maximum Gasteiger partial charge on any atom is 0.289 e. The number of hydrogen-bond donors (Lipinski definition) is 3. The first-order chi connectivity index (χ1) is 12.8. The minimum Gasteiger partial charge on any atom is -0.350 e. The van der Waals surface area contributed by atoms with E-state index in [2.05, 4.69) is 29.1 Å². The molecule has 0 aromatic rings. The number of allylic oxidation sites excluding steroid dienone is 1. The Morgan fingerprint density at radius 1 is 1.15 bits per heavy atom. The van der Waals surface area contributed by atoms with E-state index in [0.717, 1.165) is 0 Å². The van der Waals surface area contributed by atoms with Crippen LogP contribution < -0.4 is 16.0 Å². The monoisotopic (exact) mass is 380 g/mol. The summed E-state index contributed by atoms with van der Waals surface area (Å²) in [6.45, 7) is 8.62. The van der Waals surface area contributed by atoms with Gasteiger partial charge in [0.15, 0.2) is 0 Å². The fourth-order valence-electron chi connectivity index (χ4n) is 2.29. The van der Waals surface area contributed by atoms with E-state index in [1.54, 1.807) is 13.0 Å². The van der Waals surface area contributed by atoms with Gasteiger partial charge >= 0.3 is 0 Å². The minimum absolute atomic E-state index is 0.130. The number of carbonyl (C=O) groups is 5. The van der Waals surface area contributed by atoms with Crippen LogP contribution in [-0.2, 0) is 24.0 Å². The van der Waals surface area contributed by atoms with Crippen LogP contribution in [0.25, 0.3) is 0 Å². The fraction of sp³-hybridized carbons (Fsp3) is 0.500. The van der Waals surface area contributed by atoms with Crippen molar-refractivity contribution in [1.82, 2.24) is 20.9 Å².